The highest BCUT2D eigenvalue weighted by molar-refractivity contribution is 7.13. The lowest BCUT2D eigenvalue weighted by Gasteiger charge is -2.41. The molecule has 186 valence electrons. The molecule has 4 heterocycles. The topological polar surface area (TPSA) is 65.8 Å². The number of amides is 1. The zero-order valence-corrected chi connectivity index (χ0v) is 22.1. The fraction of sp³-hybridized carbons (Fsp3) is 0.481. The average molecular weight is 496 g/mol. The SMILES string of the molecule is COc1cc2c(cc1OC(C)C)-n1c(-c3sccc3C)nc(C(=O)N3CCOCC3(C)C)c1CC2. The maximum atomic E-state index is 13.9. The van der Waals surface area contributed by atoms with Gasteiger partial charge >= 0.3 is 0 Å². The molecule has 0 radical (unpaired) electrons. The van der Waals surface area contributed by atoms with Gasteiger partial charge in [-0.3, -0.25) is 9.36 Å². The van der Waals surface area contributed by atoms with E-state index in [0.29, 0.717) is 31.2 Å². The molecule has 35 heavy (non-hydrogen) atoms. The molecule has 0 N–H and O–H groups in total. The van der Waals surface area contributed by atoms with Gasteiger partial charge in [-0.05, 0) is 76.1 Å². The summed E-state index contributed by atoms with van der Waals surface area (Å²) in [7, 11) is 1.67. The van der Waals surface area contributed by atoms with Crippen molar-refractivity contribution in [3.63, 3.8) is 0 Å². The molecule has 2 aliphatic rings. The fourth-order valence-corrected chi connectivity index (χ4v) is 5.89. The van der Waals surface area contributed by atoms with Crippen molar-refractivity contribution in [3.05, 3.63) is 46.1 Å². The van der Waals surface area contributed by atoms with Crippen LogP contribution in [0.3, 0.4) is 0 Å². The lowest BCUT2D eigenvalue weighted by atomic mass is 9.98. The first kappa shape index (κ1) is 23.9. The Hall–Kier alpha value is -2.84. The van der Waals surface area contributed by atoms with Gasteiger partial charge in [0, 0.05) is 12.6 Å². The van der Waals surface area contributed by atoms with Gasteiger partial charge in [-0.25, -0.2) is 4.98 Å². The summed E-state index contributed by atoms with van der Waals surface area (Å²) in [6.07, 6.45) is 1.53. The summed E-state index contributed by atoms with van der Waals surface area (Å²) in [5, 5.41) is 2.07. The van der Waals surface area contributed by atoms with E-state index in [1.54, 1.807) is 18.4 Å². The lowest BCUT2D eigenvalue weighted by molar-refractivity contribution is -0.0373. The number of hydrogen-bond donors (Lipinski definition) is 0. The molecule has 0 aliphatic carbocycles. The van der Waals surface area contributed by atoms with Crippen LogP contribution in [-0.2, 0) is 17.6 Å². The number of benzene rings is 1. The predicted octanol–water partition coefficient (Wildman–Crippen LogP) is 5.05. The number of hydrogen-bond acceptors (Lipinski definition) is 6. The van der Waals surface area contributed by atoms with E-state index in [4.69, 9.17) is 19.2 Å². The molecule has 0 unspecified atom stereocenters. The minimum atomic E-state index is -0.386. The molecule has 1 fully saturated rings. The van der Waals surface area contributed by atoms with E-state index in [1.165, 1.54) is 0 Å². The Bertz CT molecular complexity index is 1270. The van der Waals surface area contributed by atoms with Crippen molar-refractivity contribution in [2.45, 2.75) is 59.1 Å². The van der Waals surface area contributed by atoms with Crippen LogP contribution in [0.1, 0.15) is 55.0 Å². The Morgan fingerprint density at radius 3 is 2.69 bits per heavy atom. The molecule has 0 saturated carbocycles. The minimum absolute atomic E-state index is 0.00694. The van der Waals surface area contributed by atoms with Gasteiger partial charge in [0.15, 0.2) is 23.0 Å². The number of aromatic nitrogens is 2. The van der Waals surface area contributed by atoms with E-state index in [2.05, 4.69) is 29.0 Å². The number of nitrogens with zero attached hydrogens (tertiary/aromatic N) is 3. The van der Waals surface area contributed by atoms with Crippen molar-refractivity contribution in [1.29, 1.82) is 0 Å². The molecule has 8 heteroatoms. The molecular formula is C27H33N3O4S. The number of aryl methyl sites for hydroxylation is 2. The molecule has 1 saturated heterocycles. The molecule has 0 spiro atoms. The number of fused-ring (bicyclic) bond motifs is 3. The van der Waals surface area contributed by atoms with E-state index < -0.39 is 0 Å². The van der Waals surface area contributed by atoms with E-state index in [0.717, 1.165) is 51.8 Å². The van der Waals surface area contributed by atoms with Gasteiger partial charge in [0.2, 0.25) is 0 Å². The van der Waals surface area contributed by atoms with E-state index >= 15 is 0 Å². The summed E-state index contributed by atoms with van der Waals surface area (Å²) >= 11 is 1.65. The second-order valence-corrected chi connectivity index (χ2v) is 11.0. The summed E-state index contributed by atoms with van der Waals surface area (Å²) in [5.41, 5.74) is 4.40. The van der Waals surface area contributed by atoms with Crippen LogP contribution >= 0.6 is 11.3 Å². The Kier molecular flexibility index (Phi) is 6.13. The number of methoxy groups -OCH3 is 1. The van der Waals surface area contributed by atoms with E-state index in [1.807, 2.05) is 38.7 Å². The highest BCUT2D eigenvalue weighted by Crippen LogP contribution is 2.41. The van der Waals surface area contributed by atoms with Gasteiger partial charge < -0.3 is 19.1 Å². The summed E-state index contributed by atoms with van der Waals surface area (Å²) in [6, 6.07) is 6.20. The molecule has 2 aliphatic heterocycles. The number of thiophene rings is 1. The molecule has 7 nitrogen and oxygen atoms in total. The lowest BCUT2D eigenvalue weighted by Crippen LogP contribution is -2.55. The van der Waals surface area contributed by atoms with Gasteiger partial charge in [-0.1, -0.05) is 0 Å². The van der Waals surface area contributed by atoms with Crippen LogP contribution in [0, 0.1) is 6.92 Å². The molecule has 3 aromatic rings. The van der Waals surface area contributed by atoms with Crippen molar-refractivity contribution in [3.8, 4) is 27.9 Å². The number of imidazole rings is 1. The second kappa shape index (κ2) is 8.99. The molecule has 1 aromatic carbocycles. The minimum Gasteiger partial charge on any atom is -0.493 e. The molecule has 1 amide bonds. The first-order valence-electron chi connectivity index (χ1n) is 12.1. The van der Waals surface area contributed by atoms with Crippen LogP contribution in [0.2, 0.25) is 0 Å². The zero-order valence-electron chi connectivity index (χ0n) is 21.3. The molecular weight excluding hydrogens is 462 g/mol. The molecule has 0 atom stereocenters. The van der Waals surface area contributed by atoms with E-state index in [-0.39, 0.29) is 17.6 Å². The molecule has 2 aromatic heterocycles. The Labute approximate surface area is 210 Å². The second-order valence-electron chi connectivity index (χ2n) is 10.1. The Balaban J connectivity index is 1.71. The number of carbonyl (C=O) groups excluding carboxylic acids is 1. The van der Waals surface area contributed by atoms with Crippen molar-refractivity contribution >= 4 is 17.2 Å². The highest BCUT2D eigenvalue weighted by atomic mass is 32.1. The zero-order chi connectivity index (χ0) is 24.9. The van der Waals surface area contributed by atoms with Gasteiger partial charge in [-0.15, -0.1) is 11.3 Å². The normalized spacial score (nSPS) is 16.7. The van der Waals surface area contributed by atoms with Crippen molar-refractivity contribution in [2.75, 3.05) is 26.9 Å². The third-order valence-electron chi connectivity index (χ3n) is 6.73. The maximum Gasteiger partial charge on any atom is 0.274 e. The van der Waals surface area contributed by atoms with Gasteiger partial charge in [-0.2, -0.15) is 0 Å². The monoisotopic (exact) mass is 495 g/mol. The fourth-order valence-electron chi connectivity index (χ4n) is 4.99. The van der Waals surface area contributed by atoms with Crippen LogP contribution < -0.4 is 9.47 Å². The highest BCUT2D eigenvalue weighted by Gasteiger charge is 2.38. The predicted molar refractivity (Wildman–Crippen MR) is 137 cm³/mol. The Morgan fingerprint density at radius 1 is 1.23 bits per heavy atom. The third-order valence-corrected chi connectivity index (χ3v) is 7.74. The maximum absolute atomic E-state index is 13.9. The van der Waals surface area contributed by atoms with Crippen LogP contribution in [0.15, 0.2) is 23.6 Å². The number of ether oxygens (including phenoxy) is 3. The van der Waals surface area contributed by atoms with Crippen LogP contribution in [0.4, 0.5) is 0 Å². The van der Waals surface area contributed by atoms with Crippen molar-refractivity contribution < 1.29 is 19.0 Å². The number of carbonyl (C=O) groups is 1. The molecule has 5 rings (SSSR count). The van der Waals surface area contributed by atoms with Gasteiger partial charge in [0.05, 0.1) is 48.2 Å². The standard InChI is InChI=1S/C27H33N3O4S/c1-16(2)34-22-14-20-18(13-21(22)32-6)7-8-19-23(26(31)29-10-11-33-15-27(29,4)5)28-25(30(19)20)24-17(3)9-12-35-24/h9,12-14,16H,7-8,10-11,15H2,1-6H3. The van der Waals surface area contributed by atoms with Crippen LogP contribution in [0.5, 0.6) is 11.5 Å². The largest absolute Gasteiger partial charge is 0.493 e. The van der Waals surface area contributed by atoms with Gasteiger partial charge in [0.25, 0.3) is 5.91 Å². The summed E-state index contributed by atoms with van der Waals surface area (Å²) in [4.78, 5) is 22.0. The number of rotatable bonds is 5. The first-order valence-corrected chi connectivity index (χ1v) is 13.0. The summed E-state index contributed by atoms with van der Waals surface area (Å²) in [6.45, 7) is 11.8. The first-order chi connectivity index (χ1) is 16.7. The van der Waals surface area contributed by atoms with Crippen LogP contribution in [-0.4, -0.2) is 58.9 Å². The van der Waals surface area contributed by atoms with Gasteiger partial charge in [0.1, 0.15) is 0 Å². The Morgan fingerprint density at radius 2 is 2.03 bits per heavy atom. The van der Waals surface area contributed by atoms with Crippen molar-refractivity contribution in [1.82, 2.24) is 14.5 Å². The summed E-state index contributed by atoms with van der Waals surface area (Å²) in [5.74, 6) is 2.20. The van der Waals surface area contributed by atoms with Crippen LogP contribution in [0.25, 0.3) is 16.4 Å². The van der Waals surface area contributed by atoms with Crippen molar-refractivity contribution in [2.24, 2.45) is 0 Å². The summed E-state index contributed by atoms with van der Waals surface area (Å²) < 4.78 is 19.6. The quantitative estimate of drug-likeness (QED) is 0.495. The third kappa shape index (κ3) is 4.12. The van der Waals surface area contributed by atoms with E-state index in [9.17, 15) is 4.79 Å². The number of morpholine rings is 1. The molecule has 0 bridgehead atoms. The average Bonchev–Trinajstić information content (AvgIpc) is 3.40. The smallest absolute Gasteiger partial charge is 0.274 e.